The maximum absolute atomic E-state index is 13.4. The maximum atomic E-state index is 13.4. The zero-order chi connectivity index (χ0) is 24.5. The number of carbonyl (C=O) groups is 2. The third-order valence-corrected chi connectivity index (χ3v) is 6.54. The SMILES string of the molecule is O=C(C[C@H](c1ccc(Br)cc1)c1ccc(C(F)(F)F)cc1Cl)N1C(=O)OC[C@@H]1c1ccccc1. The Bertz CT molecular complexity index is 1200. The third-order valence-electron chi connectivity index (χ3n) is 5.68. The van der Waals surface area contributed by atoms with E-state index in [0.29, 0.717) is 11.1 Å². The van der Waals surface area contributed by atoms with Crippen molar-refractivity contribution >= 4 is 39.5 Å². The number of rotatable bonds is 5. The van der Waals surface area contributed by atoms with Crippen LogP contribution < -0.4 is 0 Å². The summed E-state index contributed by atoms with van der Waals surface area (Å²) >= 11 is 9.64. The summed E-state index contributed by atoms with van der Waals surface area (Å²) in [6.45, 7) is 0.0264. The molecule has 34 heavy (non-hydrogen) atoms. The molecule has 0 spiro atoms. The molecule has 1 aliphatic heterocycles. The molecular formula is C25H18BrClF3NO3. The highest BCUT2D eigenvalue weighted by atomic mass is 79.9. The zero-order valence-electron chi connectivity index (χ0n) is 17.6. The molecule has 0 saturated carbocycles. The second-order valence-electron chi connectivity index (χ2n) is 7.81. The summed E-state index contributed by atoms with van der Waals surface area (Å²) < 4.78 is 45.4. The van der Waals surface area contributed by atoms with Gasteiger partial charge in [-0.05, 0) is 41.0 Å². The van der Waals surface area contributed by atoms with Gasteiger partial charge in [-0.2, -0.15) is 13.2 Å². The van der Waals surface area contributed by atoms with Crippen molar-refractivity contribution in [3.63, 3.8) is 0 Å². The van der Waals surface area contributed by atoms with Crippen LogP contribution >= 0.6 is 27.5 Å². The molecule has 176 valence electrons. The van der Waals surface area contributed by atoms with E-state index >= 15 is 0 Å². The van der Waals surface area contributed by atoms with Gasteiger partial charge in [0, 0.05) is 21.8 Å². The lowest BCUT2D eigenvalue weighted by atomic mass is 9.87. The molecule has 2 amide bonds. The number of imide groups is 1. The van der Waals surface area contributed by atoms with Gasteiger partial charge in [-0.1, -0.05) is 76.1 Å². The van der Waals surface area contributed by atoms with Gasteiger partial charge in [0.2, 0.25) is 5.91 Å². The van der Waals surface area contributed by atoms with Crippen molar-refractivity contribution in [2.45, 2.75) is 24.6 Å². The topological polar surface area (TPSA) is 46.6 Å². The minimum Gasteiger partial charge on any atom is -0.446 e. The number of cyclic esters (lactones) is 1. The van der Waals surface area contributed by atoms with Crippen LogP contribution in [0, 0.1) is 0 Å². The Morgan fingerprint density at radius 2 is 1.76 bits per heavy atom. The molecule has 1 aliphatic rings. The van der Waals surface area contributed by atoms with Gasteiger partial charge in [-0.15, -0.1) is 0 Å². The molecule has 4 nitrogen and oxygen atoms in total. The lowest BCUT2D eigenvalue weighted by Gasteiger charge is -2.24. The van der Waals surface area contributed by atoms with Crippen molar-refractivity contribution < 1.29 is 27.5 Å². The van der Waals surface area contributed by atoms with E-state index in [1.54, 1.807) is 48.5 Å². The van der Waals surface area contributed by atoms with Gasteiger partial charge >= 0.3 is 12.3 Å². The van der Waals surface area contributed by atoms with Crippen LogP contribution in [0.15, 0.2) is 77.3 Å². The van der Waals surface area contributed by atoms with Crippen molar-refractivity contribution in [1.82, 2.24) is 4.90 Å². The van der Waals surface area contributed by atoms with Crippen LogP contribution in [-0.2, 0) is 15.7 Å². The standard InChI is InChI=1S/C25H18BrClF3NO3/c26-18-9-6-15(7-10-18)20(19-11-8-17(12-21(19)27)25(28,29)30)13-23(32)31-22(14-34-24(31)33)16-4-2-1-3-5-16/h1-12,20,22H,13-14H2/t20-,22-/m1/s1. The fourth-order valence-electron chi connectivity index (χ4n) is 3.98. The lowest BCUT2D eigenvalue weighted by molar-refractivity contribution is -0.137. The number of hydrogen-bond donors (Lipinski definition) is 0. The first-order valence-electron chi connectivity index (χ1n) is 10.3. The van der Waals surface area contributed by atoms with Gasteiger partial charge < -0.3 is 4.74 Å². The quantitative estimate of drug-likeness (QED) is 0.332. The van der Waals surface area contributed by atoms with Gasteiger partial charge in [-0.3, -0.25) is 4.79 Å². The average molecular weight is 553 g/mol. The van der Waals surface area contributed by atoms with Gasteiger partial charge in [0.15, 0.2) is 0 Å². The second kappa shape index (κ2) is 9.80. The van der Waals surface area contributed by atoms with Crippen molar-refractivity contribution in [3.8, 4) is 0 Å². The molecule has 0 radical (unpaired) electrons. The number of amides is 2. The molecule has 0 aliphatic carbocycles. The Kier molecular flexibility index (Phi) is 7.00. The highest BCUT2D eigenvalue weighted by Crippen LogP contribution is 2.39. The van der Waals surface area contributed by atoms with E-state index in [1.165, 1.54) is 6.07 Å². The van der Waals surface area contributed by atoms with E-state index < -0.39 is 35.7 Å². The van der Waals surface area contributed by atoms with E-state index in [2.05, 4.69) is 15.9 Å². The van der Waals surface area contributed by atoms with Crippen molar-refractivity contribution in [2.75, 3.05) is 6.61 Å². The Labute approximate surface area is 207 Å². The lowest BCUT2D eigenvalue weighted by Crippen LogP contribution is -2.35. The molecule has 0 bridgehead atoms. The number of hydrogen-bond acceptors (Lipinski definition) is 3. The Hall–Kier alpha value is -2.84. The smallest absolute Gasteiger partial charge is 0.417 e. The molecule has 4 rings (SSSR count). The van der Waals surface area contributed by atoms with Gasteiger partial charge in [-0.25, -0.2) is 9.69 Å². The first-order chi connectivity index (χ1) is 16.1. The molecule has 0 aromatic heterocycles. The van der Waals surface area contributed by atoms with E-state index in [4.69, 9.17) is 16.3 Å². The molecule has 3 aromatic carbocycles. The summed E-state index contributed by atoms with van der Waals surface area (Å²) in [5.41, 5.74) is 0.889. The number of benzene rings is 3. The maximum Gasteiger partial charge on any atom is 0.417 e. The first kappa shape index (κ1) is 24.3. The molecule has 2 atom stereocenters. The predicted octanol–water partition coefficient (Wildman–Crippen LogP) is 7.36. The fraction of sp³-hybridized carbons (Fsp3) is 0.200. The van der Waals surface area contributed by atoms with E-state index in [9.17, 15) is 22.8 Å². The highest BCUT2D eigenvalue weighted by molar-refractivity contribution is 9.10. The van der Waals surface area contributed by atoms with Crippen molar-refractivity contribution in [1.29, 1.82) is 0 Å². The molecule has 1 heterocycles. The van der Waals surface area contributed by atoms with Crippen molar-refractivity contribution in [2.24, 2.45) is 0 Å². The normalized spacial score (nSPS) is 16.9. The summed E-state index contributed by atoms with van der Waals surface area (Å²) in [4.78, 5) is 26.9. The first-order valence-corrected chi connectivity index (χ1v) is 11.5. The van der Waals surface area contributed by atoms with E-state index in [-0.39, 0.29) is 18.1 Å². The molecule has 3 aromatic rings. The van der Waals surface area contributed by atoms with Crippen LogP contribution in [0.3, 0.4) is 0 Å². The van der Waals surface area contributed by atoms with Crippen LogP contribution in [0.2, 0.25) is 5.02 Å². The molecule has 0 unspecified atom stereocenters. The van der Waals surface area contributed by atoms with E-state index in [1.807, 2.05) is 6.07 Å². The summed E-state index contributed by atoms with van der Waals surface area (Å²) in [5, 5.41) is -0.112. The third kappa shape index (κ3) is 5.13. The summed E-state index contributed by atoms with van der Waals surface area (Å²) in [6, 6.07) is 18.5. The Morgan fingerprint density at radius 3 is 2.38 bits per heavy atom. The van der Waals surface area contributed by atoms with Crippen LogP contribution in [0.25, 0.3) is 0 Å². The van der Waals surface area contributed by atoms with Crippen molar-refractivity contribution in [3.05, 3.63) is 105 Å². The molecule has 1 saturated heterocycles. The minimum absolute atomic E-state index is 0.0264. The number of ether oxygens (including phenoxy) is 1. The summed E-state index contributed by atoms with van der Waals surface area (Å²) in [7, 11) is 0. The predicted molar refractivity (Wildman–Crippen MR) is 124 cm³/mol. The van der Waals surface area contributed by atoms with Crippen LogP contribution in [0.1, 0.15) is 40.6 Å². The highest BCUT2D eigenvalue weighted by Gasteiger charge is 2.40. The Balaban J connectivity index is 1.70. The zero-order valence-corrected chi connectivity index (χ0v) is 19.9. The molecule has 9 heteroatoms. The average Bonchev–Trinajstić information content (AvgIpc) is 3.20. The second-order valence-corrected chi connectivity index (χ2v) is 9.13. The monoisotopic (exact) mass is 551 g/mol. The minimum atomic E-state index is -4.55. The van der Waals surface area contributed by atoms with Gasteiger partial charge in [0.1, 0.15) is 12.6 Å². The van der Waals surface area contributed by atoms with E-state index in [0.717, 1.165) is 27.1 Å². The molecule has 0 N–H and O–H groups in total. The summed E-state index contributed by atoms with van der Waals surface area (Å²) in [6.07, 6.45) is -5.50. The van der Waals surface area contributed by atoms with Crippen LogP contribution in [0.4, 0.5) is 18.0 Å². The van der Waals surface area contributed by atoms with Gasteiger partial charge in [0.05, 0.1) is 5.56 Å². The van der Waals surface area contributed by atoms with Crippen LogP contribution in [-0.4, -0.2) is 23.5 Å². The number of nitrogens with zero attached hydrogens (tertiary/aromatic N) is 1. The number of halogens is 5. The largest absolute Gasteiger partial charge is 0.446 e. The fourth-order valence-corrected chi connectivity index (χ4v) is 4.56. The number of carbonyl (C=O) groups excluding carboxylic acids is 2. The molecular weight excluding hydrogens is 535 g/mol. The number of alkyl halides is 3. The van der Waals surface area contributed by atoms with Crippen LogP contribution in [0.5, 0.6) is 0 Å². The molecule has 1 fully saturated rings. The van der Waals surface area contributed by atoms with Gasteiger partial charge in [0.25, 0.3) is 0 Å². The summed E-state index contributed by atoms with van der Waals surface area (Å²) in [5.74, 6) is -1.19. The Morgan fingerprint density at radius 1 is 1.09 bits per heavy atom.